The molecule has 0 aliphatic carbocycles. The molecule has 0 fully saturated rings. The van der Waals surface area contributed by atoms with Crippen molar-refractivity contribution in [2.24, 2.45) is 0 Å². The molecule has 7 nitrogen and oxygen atoms in total. The maximum absolute atomic E-state index is 13.3. The molecule has 4 rings (SSSR count). The fourth-order valence-electron chi connectivity index (χ4n) is 3.35. The third-order valence-electron chi connectivity index (χ3n) is 4.97. The highest BCUT2D eigenvalue weighted by atomic mass is 16.5. The average Bonchev–Trinajstić information content (AvgIpc) is 3.30. The zero-order chi connectivity index (χ0) is 22.5. The van der Waals surface area contributed by atoms with Gasteiger partial charge in [-0.15, -0.1) is 0 Å². The van der Waals surface area contributed by atoms with E-state index >= 15 is 0 Å². The van der Waals surface area contributed by atoms with Gasteiger partial charge in [-0.25, -0.2) is 4.68 Å². The Morgan fingerprint density at radius 2 is 1.59 bits per heavy atom. The second-order valence-electron chi connectivity index (χ2n) is 6.92. The summed E-state index contributed by atoms with van der Waals surface area (Å²) in [7, 11) is 4.75. The molecule has 162 valence electrons. The summed E-state index contributed by atoms with van der Waals surface area (Å²) < 4.78 is 17.9. The van der Waals surface area contributed by atoms with Crippen molar-refractivity contribution in [3.05, 3.63) is 84.6 Å². The largest absolute Gasteiger partial charge is 0.497 e. The number of carbonyl (C=O) groups is 1. The number of nitrogens with one attached hydrogen (secondary N) is 1. The van der Waals surface area contributed by atoms with Crippen molar-refractivity contribution in [3.8, 4) is 34.2 Å². The number of ether oxygens (including phenoxy) is 3. The molecule has 0 aliphatic heterocycles. The van der Waals surface area contributed by atoms with Crippen molar-refractivity contribution in [1.82, 2.24) is 9.78 Å². The first-order valence-electron chi connectivity index (χ1n) is 9.96. The molecule has 4 aromatic rings. The van der Waals surface area contributed by atoms with Gasteiger partial charge in [-0.2, -0.15) is 5.10 Å². The van der Waals surface area contributed by atoms with Crippen molar-refractivity contribution in [3.63, 3.8) is 0 Å². The van der Waals surface area contributed by atoms with Crippen LogP contribution in [0, 0.1) is 0 Å². The molecular formula is C25H23N3O4. The Hall–Kier alpha value is -4.26. The molecule has 7 heteroatoms. The smallest absolute Gasteiger partial charge is 0.259 e. The summed E-state index contributed by atoms with van der Waals surface area (Å²) in [5, 5.41) is 7.66. The Balaban J connectivity index is 1.82. The standard InChI is InChI=1S/C25H23N3O4/c1-30-19-11-7-8-17(14-19)26-25(29)22-16-28(18-9-5-4-6-10-18)27-24(22)21-15-20(31-2)12-13-23(21)32-3/h4-16H,1-3H3,(H,26,29). The Morgan fingerprint density at radius 1 is 0.844 bits per heavy atom. The molecule has 1 heterocycles. The van der Waals surface area contributed by atoms with Crippen molar-refractivity contribution >= 4 is 11.6 Å². The maximum Gasteiger partial charge on any atom is 0.259 e. The zero-order valence-electron chi connectivity index (χ0n) is 18.0. The minimum absolute atomic E-state index is 0.305. The van der Waals surface area contributed by atoms with E-state index in [4.69, 9.17) is 19.3 Å². The molecule has 0 spiro atoms. The van der Waals surface area contributed by atoms with Gasteiger partial charge in [-0.05, 0) is 42.5 Å². The van der Waals surface area contributed by atoms with Gasteiger partial charge in [0.15, 0.2) is 0 Å². The lowest BCUT2D eigenvalue weighted by atomic mass is 10.1. The number of methoxy groups -OCH3 is 3. The quantitative estimate of drug-likeness (QED) is 0.456. The lowest BCUT2D eigenvalue weighted by Gasteiger charge is -2.11. The first kappa shape index (κ1) is 21.0. The Kier molecular flexibility index (Phi) is 6.07. The molecule has 0 saturated heterocycles. The number of anilines is 1. The summed E-state index contributed by atoms with van der Waals surface area (Å²) in [5.41, 5.74) is 2.96. The molecule has 0 unspecified atom stereocenters. The molecule has 1 aromatic heterocycles. The molecule has 3 aromatic carbocycles. The molecule has 0 bridgehead atoms. The summed E-state index contributed by atoms with van der Waals surface area (Å²) in [5.74, 6) is 1.56. The van der Waals surface area contributed by atoms with Gasteiger partial charge >= 0.3 is 0 Å². The minimum Gasteiger partial charge on any atom is -0.497 e. The monoisotopic (exact) mass is 429 g/mol. The van der Waals surface area contributed by atoms with E-state index in [1.807, 2.05) is 42.5 Å². The van der Waals surface area contributed by atoms with Crippen LogP contribution in [-0.4, -0.2) is 37.0 Å². The van der Waals surface area contributed by atoms with Crippen LogP contribution in [0.4, 0.5) is 5.69 Å². The topological polar surface area (TPSA) is 74.6 Å². The van der Waals surface area contributed by atoms with Gasteiger partial charge in [-0.3, -0.25) is 4.79 Å². The van der Waals surface area contributed by atoms with Gasteiger partial charge in [0.1, 0.15) is 22.9 Å². The van der Waals surface area contributed by atoms with Crippen LogP contribution in [0.5, 0.6) is 17.2 Å². The molecule has 0 aliphatic rings. The highest BCUT2D eigenvalue weighted by Gasteiger charge is 2.22. The number of hydrogen-bond donors (Lipinski definition) is 1. The van der Waals surface area contributed by atoms with Gasteiger partial charge in [0.2, 0.25) is 0 Å². The third kappa shape index (κ3) is 4.27. The van der Waals surface area contributed by atoms with Gasteiger partial charge in [-0.1, -0.05) is 24.3 Å². The second kappa shape index (κ2) is 9.26. The predicted octanol–water partition coefficient (Wildman–Crippen LogP) is 4.82. The van der Waals surface area contributed by atoms with E-state index in [2.05, 4.69) is 5.32 Å². The average molecular weight is 429 g/mol. The van der Waals surface area contributed by atoms with Gasteiger partial charge in [0.25, 0.3) is 5.91 Å². The Morgan fingerprint density at radius 3 is 2.31 bits per heavy atom. The first-order chi connectivity index (χ1) is 15.6. The van der Waals surface area contributed by atoms with Gasteiger partial charge in [0.05, 0.1) is 32.6 Å². The van der Waals surface area contributed by atoms with E-state index in [9.17, 15) is 4.79 Å². The summed E-state index contributed by atoms with van der Waals surface area (Å²) in [6.07, 6.45) is 1.71. The van der Waals surface area contributed by atoms with E-state index in [-0.39, 0.29) is 5.91 Å². The molecule has 1 amide bonds. The fraction of sp³-hybridized carbons (Fsp3) is 0.120. The minimum atomic E-state index is -0.305. The van der Waals surface area contributed by atoms with E-state index < -0.39 is 0 Å². The van der Waals surface area contributed by atoms with Crippen LogP contribution in [0.25, 0.3) is 16.9 Å². The normalized spacial score (nSPS) is 10.5. The number of hydrogen-bond acceptors (Lipinski definition) is 5. The fourth-order valence-corrected chi connectivity index (χ4v) is 3.35. The van der Waals surface area contributed by atoms with Crippen LogP contribution in [-0.2, 0) is 0 Å². The lowest BCUT2D eigenvalue weighted by molar-refractivity contribution is 0.102. The lowest BCUT2D eigenvalue weighted by Crippen LogP contribution is -2.12. The second-order valence-corrected chi connectivity index (χ2v) is 6.92. The van der Waals surface area contributed by atoms with E-state index in [0.717, 1.165) is 5.69 Å². The summed E-state index contributed by atoms with van der Waals surface area (Å²) >= 11 is 0. The van der Waals surface area contributed by atoms with Gasteiger partial charge in [0, 0.05) is 23.5 Å². The molecule has 0 atom stereocenters. The van der Waals surface area contributed by atoms with Crippen LogP contribution in [0.2, 0.25) is 0 Å². The number of benzene rings is 3. The number of nitrogens with zero attached hydrogens (tertiary/aromatic N) is 2. The number of para-hydroxylation sites is 1. The van der Waals surface area contributed by atoms with Crippen LogP contribution in [0.1, 0.15) is 10.4 Å². The van der Waals surface area contributed by atoms with Crippen LogP contribution < -0.4 is 19.5 Å². The number of aromatic nitrogens is 2. The highest BCUT2D eigenvalue weighted by molar-refractivity contribution is 6.08. The van der Waals surface area contributed by atoms with Crippen LogP contribution in [0.3, 0.4) is 0 Å². The van der Waals surface area contributed by atoms with Crippen LogP contribution >= 0.6 is 0 Å². The molecular weight excluding hydrogens is 406 g/mol. The molecule has 0 saturated carbocycles. The predicted molar refractivity (Wildman–Crippen MR) is 123 cm³/mol. The van der Waals surface area contributed by atoms with Crippen molar-refractivity contribution in [2.75, 3.05) is 26.6 Å². The number of amides is 1. The summed E-state index contributed by atoms with van der Waals surface area (Å²) in [4.78, 5) is 13.3. The van der Waals surface area contributed by atoms with Gasteiger partial charge < -0.3 is 19.5 Å². The van der Waals surface area contributed by atoms with Crippen LogP contribution in [0.15, 0.2) is 79.0 Å². The van der Waals surface area contributed by atoms with E-state index in [0.29, 0.717) is 39.8 Å². The molecule has 0 radical (unpaired) electrons. The summed E-state index contributed by atoms with van der Waals surface area (Å²) in [6.45, 7) is 0. The number of rotatable bonds is 7. The Labute approximate surface area is 186 Å². The van der Waals surface area contributed by atoms with Crippen molar-refractivity contribution in [1.29, 1.82) is 0 Å². The molecule has 1 N–H and O–H groups in total. The third-order valence-corrected chi connectivity index (χ3v) is 4.97. The zero-order valence-corrected chi connectivity index (χ0v) is 18.0. The van der Waals surface area contributed by atoms with E-state index in [1.54, 1.807) is 62.5 Å². The Bertz CT molecular complexity index is 1240. The SMILES string of the molecule is COc1cccc(NC(=O)c2cn(-c3ccccc3)nc2-c2cc(OC)ccc2OC)c1. The number of carbonyl (C=O) groups excluding carboxylic acids is 1. The first-order valence-corrected chi connectivity index (χ1v) is 9.96. The van der Waals surface area contributed by atoms with Crippen molar-refractivity contribution < 1.29 is 19.0 Å². The summed E-state index contributed by atoms with van der Waals surface area (Å²) in [6, 6.07) is 22.2. The highest BCUT2D eigenvalue weighted by Crippen LogP contribution is 2.35. The van der Waals surface area contributed by atoms with Crippen molar-refractivity contribution in [2.45, 2.75) is 0 Å². The maximum atomic E-state index is 13.3. The van der Waals surface area contributed by atoms with E-state index in [1.165, 1.54) is 0 Å². The molecule has 32 heavy (non-hydrogen) atoms.